The third-order valence-corrected chi connectivity index (χ3v) is 5.47. The van der Waals surface area contributed by atoms with E-state index in [-0.39, 0.29) is 23.9 Å². The van der Waals surface area contributed by atoms with Crippen LogP contribution in [0.1, 0.15) is 59.5 Å². The van der Waals surface area contributed by atoms with Gasteiger partial charge in [-0.1, -0.05) is 49.6 Å². The SMILES string of the molecule is COc1cc(C=CC(=O)OCC(=O)c2ccc(C3CCCCC3)cc2)ccc1OC(F)F. The Morgan fingerprint density at radius 1 is 1.03 bits per heavy atom. The summed E-state index contributed by atoms with van der Waals surface area (Å²) < 4.78 is 39.2. The van der Waals surface area contributed by atoms with Gasteiger partial charge in [0.2, 0.25) is 0 Å². The van der Waals surface area contributed by atoms with Crippen LogP contribution in [0.25, 0.3) is 6.08 Å². The van der Waals surface area contributed by atoms with Gasteiger partial charge in [-0.2, -0.15) is 8.78 Å². The van der Waals surface area contributed by atoms with Gasteiger partial charge in [0.15, 0.2) is 23.9 Å². The van der Waals surface area contributed by atoms with Gasteiger partial charge in [-0.15, -0.1) is 0 Å². The van der Waals surface area contributed by atoms with Crippen LogP contribution < -0.4 is 9.47 Å². The summed E-state index contributed by atoms with van der Waals surface area (Å²) >= 11 is 0. The second kappa shape index (κ2) is 11.4. The molecule has 2 aromatic carbocycles. The van der Waals surface area contributed by atoms with Crippen LogP contribution >= 0.6 is 0 Å². The first-order chi connectivity index (χ1) is 15.5. The zero-order chi connectivity index (χ0) is 22.9. The number of rotatable bonds is 9. The Kier molecular flexibility index (Phi) is 8.36. The first kappa shape index (κ1) is 23.4. The number of benzene rings is 2. The van der Waals surface area contributed by atoms with Crippen molar-refractivity contribution in [1.29, 1.82) is 0 Å². The minimum atomic E-state index is -2.97. The number of hydrogen-bond donors (Lipinski definition) is 0. The minimum Gasteiger partial charge on any atom is -0.493 e. The summed E-state index contributed by atoms with van der Waals surface area (Å²) in [5.74, 6) is -0.415. The maximum Gasteiger partial charge on any atom is 0.387 e. The van der Waals surface area contributed by atoms with Crippen molar-refractivity contribution in [3.8, 4) is 11.5 Å². The highest BCUT2D eigenvalue weighted by molar-refractivity contribution is 5.98. The number of ketones is 1. The van der Waals surface area contributed by atoms with Crippen LogP contribution in [0.5, 0.6) is 11.5 Å². The summed E-state index contributed by atoms with van der Waals surface area (Å²) in [5, 5.41) is 0. The Morgan fingerprint density at radius 3 is 2.41 bits per heavy atom. The Hall–Kier alpha value is -3.22. The van der Waals surface area contributed by atoms with E-state index in [4.69, 9.17) is 9.47 Å². The van der Waals surface area contributed by atoms with Crippen LogP contribution in [0.15, 0.2) is 48.5 Å². The van der Waals surface area contributed by atoms with Gasteiger partial charge in [0.1, 0.15) is 0 Å². The number of hydrogen-bond acceptors (Lipinski definition) is 5. The standard InChI is InChI=1S/C25H26F2O5/c1-30-23-15-17(7-13-22(23)32-25(26)27)8-14-24(29)31-16-21(28)20-11-9-19(10-12-20)18-5-3-2-4-6-18/h7-15,18,25H,2-6,16H2,1H3. The van der Waals surface area contributed by atoms with E-state index in [9.17, 15) is 18.4 Å². The summed E-state index contributed by atoms with van der Waals surface area (Å²) in [5.41, 5.74) is 2.27. The number of halogens is 2. The van der Waals surface area contributed by atoms with Gasteiger partial charge < -0.3 is 14.2 Å². The first-order valence-electron chi connectivity index (χ1n) is 10.6. The monoisotopic (exact) mass is 444 g/mol. The quantitative estimate of drug-likeness (QED) is 0.279. The van der Waals surface area contributed by atoms with E-state index in [1.165, 1.54) is 69.1 Å². The number of methoxy groups -OCH3 is 1. The molecule has 0 bridgehead atoms. The van der Waals surface area contributed by atoms with Crippen LogP contribution in [0.3, 0.4) is 0 Å². The zero-order valence-corrected chi connectivity index (χ0v) is 17.9. The van der Waals surface area contributed by atoms with E-state index in [0.29, 0.717) is 17.0 Å². The maximum absolute atomic E-state index is 12.4. The predicted octanol–water partition coefficient (Wildman–Crippen LogP) is 5.78. The highest BCUT2D eigenvalue weighted by atomic mass is 19.3. The van der Waals surface area contributed by atoms with E-state index in [1.807, 2.05) is 12.1 Å². The molecular formula is C25H26F2O5. The number of carbonyl (C=O) groups is 2. The van der Waals surface area contributed by atoms with Gasteiger partial charge in [0, 0.05) is 11.6 Å². The van der Waals surface area contributed by atoms with E-state index in [2.05, 4.69) is 4.74 Å². The lowest BCUT2D eigenvalue weighted by Crippen LogP contribution is -2.13. The topological polar surface area (TPSA) is 61.8 Å². The molecule has 3 rings (SSSR count). The molecule has 1 fully saturated rings. The molecule has 0 aromatic heterocycles. The molecule has 2 aromatic rings. The molecule has 1 aliphatic carbocycles. The molecule has 32 heavy (non-hydrogen) atoms. The second-order valence-corrected chi connectivity index (χ2v) is 7.61. The molecule has 7 heteroatoms. The lowest BCUT2D eigenvalue weighted by Gasteiger charge is -2.22. The molecule has 170 valence electrons. The van der Waals surface area contributed by atoms with Crippen LogP contribution in [0, 0.1) is 0 Å². The van der Waals surface area contributed by atoms with Crippen molar-refractivity contribution in [3.05, 3.63) is 65.2 Å². The molecular weight excluding hydrogens is 418 g/mol. The van der Waals surface area contributed by atoms with Crippen molar-refractivity contribution < 1.29 is 32.6 Å². The molecule has 0 amide bonds. The van der Waals surface area contributed by atoms with Crippen molar-refractivity contribution in [2.45, 2.75) is 44.6 Å². The summed E-state index contributed by atoms with van der Waals surface area (Å²) in [6.07, 6.45) is 8.74. The smallest absolute Gasteiger partial charge is 0.387 e. The molecule has 5 nitrogen and oxygen atoms in total. The lowest BCUT2D eigenvalue weighted by molar-refractivity contribution is -0.136. The third kappa shape index (κ3) is 6.64. The van der Waals surface area contributed by atoms with E-state index in [1.54, 1.807) is 12.1 Å². The molecule has 0 heterocycles. The highest BCUT2D eigenvalue weighted by Crippen LogP contribution is 2.32. The average Bonchev–Trinajstić information content (AvgIpc) is 2.82. The van der Waals surface area contributed by atoms with Crippen LogP contribution in [-0.4, -0.2) is 32.1 Å². The summed E-state index contributed by atoms with van der Waals surface area (Å²) in [4.78, 5) is 24.3. The van der Waals surface area contributed by atoms with E-state index < -0.39 is 12.6 Å². The van der Waals surface area contributed by atoms with Crippen molar-refractivity contribution in [2.24, 2.45) is 0 Å². The first-order valence-corrected chi connectivity index (χ1v) is 10.6. The average molecular weight is 444 g/mol. The molecule has 0 N–H and O–H groups in total. The Labute approximate surface area is 186 Å². The Balaban J connectivity index is 1.51. The number of ether oxygens (including phenoxy) is 3. The minimum absolute atomic E-state index is 0.104. The summed E-state index contributed by atoms with van der Waals surface area (Å²) in [7, 11) is 1.32. The highest BCUT2D eigenvalue weighted by Gasteiger charge is 2.16. The van der Waals surface area contributed by atoms with E-state index >= 15 is 0 Å². The van der Waals surface area contributed by atoms with Crippen molar-refractivity contribution in [1.82, 2.24) is 0 Å². The van der Waals surface area contributed by atoms with Gasteiger partial charge in [0.05, 0.1) is 7.11 Å². The van der Waals surface area contributed by atoms with Crippen LogP contribution in [0.4, 0.5) is 8.78 Å². The fraction of sp³-hybridized carbons (Fsp3) is 0.360. The van der Waals surface area contributed by atoms with Crippen LogP contribution in [0.2, 0.25) is 0 Å². The molecule has 0 saturated heterocycles. The largest absolute Gasteiger partial charge is 0.493 e. The maximum atomic E-state index is 12.4. The summed E-state index contributed by atoms with van der Waals surface area (Å²) in [6, 6.07) is 11.8. The molecule has 0 atom stereocenters. The fourth-order valence-electron chi connectivity index (χ4n) is 3.79. The number of Topliss-reactive ketones (excluding diaryl/α,β-unsaturated/α-hetero) is 1. The Morgan fingerprint density at radius 2 is 1.75 bits per heavy atom. The lowest BCUT2D eigenvalue weighted by atomic mass is 9.84. The number of carbonyl (C=O) groups excluding carboxylic acids is 2. The third-order valence-electron chi connectivity index (χ3n) is 5.47. The van der Waals surface area contributed by atoms with E-state index in [0.717, 1.165) is 6.08 Å². The molecule has 0 aliphatic heterocycles. The van der Waals surface area contributed by atoms with Gasteiger partial charge in [-0.3, -0.25) is 4.79 Å². The fourth-order valence-corrected chi connectivity index (χ4v) is 3.79. The number of esters is 1. The van der Waals surface area contributed by atoms with Crippen molar-refractivity contribution in [2.75, 3.05) is 13.7 Å². The van der Waals surface area contributed by atoms with Gasteiger partial charge >= 0.3 is 12.6 Å². The predicted molar refractivity (Wildman–Crippen MR) is 116 cm³/mol. The normalized spacial score (nSPS) is 14.5. The Bertz CT molecular complexity index is 947. The van der Waals surface area contributed by atoms with Crippen molar-refractivity contribution >= 4 is 17.8 Å². The molecule has 0 radical (unpaired) electrons. The van der Waals surface area contributed by atoms with Crippen molar-refractivity contribution in [3.63, 3.8) is 0 Å². The second-order valence-electron chi connectivity index (χ2n) is 7.61. The van der Waals surface area contributed by atoms with Gasteiger partial charge in [-0.25, -0.2) is 4.79 Å². The molecule has 1 aliphatic rings. The zero-order valence-electron chi connectivity index (χ0n) is 17.9. The van der Waals surface area contributed by atoms with Gasteiger partial charge in [-0.05, 0) is 48.1 Å². The number of alkyl halides is 2. The molecule has 1 saturated carbocycles. The summed E-state index contributed by atoms with van der Waals surface area (Å²) in [6.45, 7) is -3.34. The van der Waals surface area contributed by atoms with Gasteiger partial charge in [0.25, 0.3) is 0 Å². The molecule has 0 spiro atoms. The van der Waals surface area contributed by atoms with Crippen LogP contribution in [-0.2, 0) is 9.53 Å². The molecule has 0 unspecified atom stereocenters.